The van der Waals surface area contributed by atoms with Gasteiger partial charge in [0.1, 0.15) is 5.82 Å². The summed E-state index contributed by atoms with van der Waals surface area (Å²) in [6.45, 7) is 5.66. The van der Waals surface area contributed by atoms with E-state index in [1.54, 1.807) is 0 Å². The average molecular weight is 266 g/mol. The number of rotatable bonds is 3. The molecule has 0 saturated carbocycles. The molecule has 2 nitrogen and oxygen atoms in total. The topological polar surface area (TPSA) is 24.9 Å². The van der Waals surface area contributed by atoms with Gasteiger partial charge in [0.2, 0.25) is 0 Å². The van der Waals surface area contributed by atoms with E-state index < -0.39 is 0 Å². The van der Waals surface area contributed by atoms with Crippen molar-refractivity contribution in [2.45, 2.75) is 32.6 Å². The van der Waals surface area contributed by atoms with Crippen molar-refractivity contribution in [3.05, 3.63) is 59.3 Å². The summed E-state index contributed by atoms with van der Waals surface area (Å²) >= 11 is 0. The molecular formula is C18H22N2. The lowest BCUT2D eigenvalue weighted by Crippen LogP contribution is -2.21. The molecule has 0 saturated heterocycles. The van der Waals surface area contributed by atoms with Gasteiger partial charge in [0.15, 0.2) is 0 Å². The van der Waals surface area contributed by atoms with Crippen LogP contribution >= 0.6 is 0 Å². The highest BCUT2D eigenvalue weighted by molar-refractivity contribution is 5.50. The number of hydrogen-bond acceptors (Lipinski definition) is 2. The summed E-state index contributed by atoms with van der Waals surface area (Å²) in [5.41, 5.74) is 4.06. The third-order valence-corrected chi connectivity index (χ3v) is 4.18. The number of fused-ring (bicyclic) bond motifs is 1. The van der Waals surface area contributed by atoms with Gasteiger partial charge >= 0.3 is 0 Å². The summed E-state index contributed by atoms with van der Waals surface area (Å²) in [6.07, 6.45) is 4.19. The van der Waals surface area contributed by atoms with E-state index in [0.29, 0.717) is 11.8 Å². The fourth-order valence-electron chi connectivity index (χ4n) is 3.08. The number of hydrogen-bond donors (Lipinski definition) is 1. The maximum absolute atomic E-state index is 4.64. The van der Waals surface area contributed by atoms with Crippen LogP contribution in [0.25, 0.3) is 0 Å². The Kier molecular flexibility index (Phi) is 3.72. The fraction of sp³-hybridized carbons (Fsp3) is 0.389. The fourth-order valence-corrected chi connectivity index (χ4v) is 3.08. The smallest absolute Gasteiger partial charge is 0.129 e. The number of nitrogens with one attached hydrogen (secondary N) is 1. The zero-order valence-corrected chi connectivity index (χ0v) is 12.3. The molecular weight excluding hydrogens is 244 g/mol. The Hall–Kier alpha value is -1.83. The highest BCUT2D eigenvalue weighted by atomic mass is 15.0. The van der Waals surface area contributed by atoms with E-state index in [4.69, 9.17) is 0 Å². The Morgan fingerprint density at radius 1 is 1.20 bits per heavy atom. The molecule has 0 bridgehead atoms. The van der Waals surface area contributed by atoms with Crippen LogP contribution in [0.5, 0.6) is 0 Å². The summed E-state index contributed by atoms with van der Waals surface area (Å²) in [7, 11) is 0. The molecule has 0 fully saturated rings. The van der Waals surface area contributed by atoms with Gasteiger partial charge in [-0.05, 0) is 47.4 Å². The first-order chi connectivity index (χ1) is 9.74. The minimum absolute atomic E-state index is 0.634. The lowest BCUT2D eigenvalue weighted by atomic mass is 9.83. The molecule has 1 atom stereocenters. The van der Waals surface area contributed by atoms with Crippen LogP contribution in [0.4, 0.5) is 5.82 Å². The lowest BCUT2D eigenvalue weighted by molar-refractivity contribution is 0.467. The van der Waals surface area contributed by atoms with Gasteiger partial charge < -0.3 is 5.32 Å². The molecule has 0 spiro atoms. The van der Waals surface area contributed by atoms with Crippen molar-refractivity contribution >= 4 is 5.82 Å². The van der Waals surface area contributed by atoms with Gasteiger partial charge in [0.25, 0.3) is 0 Å². The van der Waals surface area contributed by atoms with Crippen LogP contribution in [0.1, 0.15) is 42.9 Å². The second-order valence-electron chi connectivity index (χ2n) is 6.01. The van der Waals surface area contributed by atoms with E-state index in [2.05, 4.69) is 60.5 Å². The normalized spacial score (nSPS) is 17.6. The third kappa shape index (κ3) is 2.69. The second-order valence-corrected chi connectivity index (χ2v) is 6.01. The lowest BCUT2D eigenvalue weighted by Gasteiger charge is -2.29. The van der Waals surface area contributed by atoms with Gasteiger partial charge in [0.05, 0.1) is 0 Å². The highest BCUT2D eigenvalue weighted by Gasteiger charge is 2.23. The van der Waals surface area contributed by atoms with Crippen LogP contribution in [0, 0.1) is 5.92 Å². The zero-order chi connectivity index (χ0) is 13.9. The number of nitrogens with zero attached hydrogens (tertiary/aromatic N) is 1. The average Bonchev–Trinajstić information content (AvgIpc) is 2.47. The molecule has 2 heterocycles. The van der Waals surface area contributed by atoms with Gasteiger partial charge in [0, 0.05) is 12.7 Å². The Morgan fingerprint density at radius 3 is 2.75 bits per heavy atom. The van der Waals surface area contributed by atoms with Gasteiger partial charge in [-0.2, -0.15) is 0 Å². The van der Waals surface area contributed by atoms with Crippen molar-refractivity contribution in [2.75, 3.05) is 11.9 Å². The monoisotopic (exact) mass is 266 g/mol. The summed E-state index contributed by atoms with van der Waals surface area (Å²) in [5.74, 6) is 2.39. The number of anilines is 1. The first-order valence-electron chi connectivity index (χ1n) is 7.50. The molecule has 1 aromatic heterocycles. The van der Waals surface area contributed by atoms with E-state index in [9.17, 15) is 0 Å². The van der Waals surface area contributed by atoms with Crippen molar-refractivity contribution in [2.24, 2.45) is 5.92 Å². The predicted octanol–water partition coefficient (Wildman–Crippen LogP) is 4.23. The van der Waals surface area contributed by atoms with Crippen molar-refractivity contribution < 1.29 is 0 Å². The van der Waals surface area contributed by atoms with E-state index in [1.807, 2.05) is 6.20 Å². The molecule has 1 aliphatic rings. The van der Waals surface area contributed by atoms with Crippen LogP contribution in [0.15, 0.2) is 42.6 Å². The van der Waals surface area contributed by atoms with Crippen molar-refractivity contribution in [1.29, 1.82) is 0 Å². The van der Waals surface area contributed by atoms with E-state index in [-0.39, 0.29) is 0 Å². The minimum Gasteiger partial charge on any atom is -0.370 e. The van der Waals surface area contributed by atoms with Crippen molar-refractivity contribution in [1.82, 2.24) is 4.98 Å². The molecule has 0 aliphatic carbocycles. The molecule has 0 amide bonds. The van der Waals surface area contributed by atoms with Gasteiger partial charge in [-0.25, -0.2) is 4.98 Å². The van der Waals surface area contributed by atoms with E-state index in [0.717, 1.165) is 18.8 Å². The molecule has 1 unspecified atom stereocenters. The standard InChI is InChI=1S/C18H22N2/c1-13(2)16-8-9-19-18-17(16)11-15(12-20-18)10-14-6-4-3-5-7-14/h3-7,11-13,16H,8-10H2,1-2H3,(H,19,20). The van der Waals surface area contributed by atoms with Crippen LogP contribution in [-0.2, 0) is 6.42 Å². The molecule has 1 aromatic carbocycles. The predicted molar refractivity (Wildman–Crippen MR) is 84.2 cm³/mol. The first-order valence-corrected chi connectivity index (χ1v) is 7.50. The van der Waals surface area contributed by atoms with Crippen LogP contribution < -0.4 is 5.32 Å². The number of pyridine rings is 1. The number of benzene rings is 1. The maximum atomic E-state index is 4.64. The quantitative estimate of drug-likeness (QED) is 0.899. The first kappa shape index (κ1) is 13.2. The van der Waals surface area contributed by atoms with Gasteiger partial charge in [-0.1, -0.05) is 44.2 Å². The molecule has 104 valence electrons. The molecule has 0 radical (unpaired) electrons. The molecule has 3 rings (SSSR count). The van der Waals surface area contributed by atoms with Crippen LogP contribution in [0.2, 0.25) is 0 Å². The third-order valence-electron chi connectivity index (χ3n) is 4.18. The highest BCUT2D eigenvalue weighted by Crippen LogP contribution is 2.36. The van der Waals surface area contributed by atoms with Gasteiger partial charge in [-0.3, -0.25) is 0 Å². The van der Waals surface area contributed by atoms with Crippen LogP contribution in [0.3, 0.4) is 0 Å². The van der Waals surface area contributed by atoms with Crippen molar-refractivity contribution in [3.8, 4) is 0 Å². The molecule has 1 aliphatic heterocycles. The van der Waals surface area contributed by atoms with Gasteiger partial charge in [-0.15, -0.1) is 0 Å². The molecule has 2 heteroatoms. The Labute approximate surface area is 121 Å². The summed E-state index contributed by atoms with van der Waals surface area (Å²) < 4.78 is 0. The maximum Gasteiger partial charge on any atom is 0.129 e. The summed E-state index contributed by atoms with van der Waals surface area (Å²) in [6, 6.07) is 13.0. The zero-order valence-electron chi connectivity index (χ0n) is 12.3. The van der Waals surface area contributed by atoms with E-state index >= 15 is 0 Å². The second kappa shape index (κ2) is 5.66. The Balaban J connectivity index is 1.89. The van der Waals surface area contributed by atoms with Crippen molar-refractivity contribution in [3.63, 3.8) is 0 Å². The van der Waals surface area contributed by atoms with E-state index in [1.165, 1.54) is 23.1 Å². The molecule has 20 heavy (non-hydrogen) atoms. The minimum atomic E-state index is 0.634. The summed E-state index contributed by atoms with van der Waals surface area (Å²) in [4.78, 5) is 4.64. The SMILES string of the molecule is CC(C)C1CCNc2ncc(Cc3ccccc3)cc21. The van der Waals surface area contributed by atoms with Crippen LogP contribution in [-0.4, -0.2) is 11.5 Å². The Bertz CT molecular complexity index is 575. The Morgan fingerprint density at radius 2 is 2.00 bits per heavy atom. The molecule has 2 aromatic rings. The largest absolute Gasteiger partial charge is 0.370 e. The molecule has 1 N–H and O–H groups in total. The number of aromatic nitrogens is 1. The summed E-state index contributed by atoms with van der Waals surface area (Å²) in [5, 5.41) is 3.43.